The Bertz CT molecular complexity index is 3380. The van der Waals surface area contributed by atoms with Crippen molar-refractivity contribution in [3.63, 3.8) is 0 Å². The van der Waals surface area contributed by atoms with Crippen LogP contribution in [0.5, 0.6) is 0 Å². The second-order valence-corrected chi connectivity index (χ2v) is 30.2. The van der Waals surface area contributed by atoms with Crippen molar-refractivity contribution < 1.29 is 0 Å². The van der Waals surface area contributed by atoms with Gasteiger partial charge in [0.25, 0.3) is 0 Å². The third-order valence-corrected chi connectivity index (χ3v) is 26.1. The summed E-state index contributed by atoms with van der Waals surface area (Å²) in [5.41, 5.74) is 36.5. The zero-order valence-corrected chi connectivity index (χ0v) is 57.7. The first-order valence-electron chi connectivity index (χ1n) is 34.1. The van der Waals surface area contributed by atoms with Crippen molar-refractivity contribution in [2.24, 2.45) is 0 Å². The van der Waals surface area contributed by atoms with E-state index in [1.807, 2.05) is 0 Å². The molecule has 0 radical (unpaired) electrons. The smallest absolute Gasteiger partial charge is 0.0730 e. The predicted octanol–water partition coefficient (Wildman–Crippen LogP) is 22.0. The summed E-state index contributed by atoms with van der Waals surface area (Å²) in [6, 6.07) is 68.8. The van der Waals surface area contributed by atoms with E-state index in [1.165, 1.54) is 166 Å². The van der Waals surface area contributed by atoms with Gasteiger partial charge in [0, 0.05) is 5.04 Å². The first-order chi connectivity index (χ1) is 42.5. The van der Waals surface area contributed by atoms with Crippen LogP contribution in [0.25, 0.3) is 66.8 Å². The van der Waals surface area contributed by atoms with Crippen LogP contribution < -0.4 is 15.6 Å². The summed E-state index contributed by atoms with van der Waals surface area (Å²) in [6.45, 7) is 37.9. The Labute approximate surface area is 533 Å². The van der Waals surface area contributed by atoms with Gasteiger partial charge in [0.05, 0.1) is 0 Å². The SMILES string of the molecule is CCc1cc(CC)cc(-c2cc(-c3cc(CC)cc(CC)c3)cc([Si](c3cc(-c4cc(CC)cc(CC)c4)cc(-c4cc(CC)cc(CC)c4)c3)(c3cc(-c4cc(CC)cc(CC)c4)cc(-c4cc(CC)cc(CC)c4)c3)C3(C)C=C(C)C(C)=C3C)c2)c1. The third-order valence-electron chi connectivity index (χ3n) is 20.5. The Hall–Kier alpha value is -7.32. The summed E-state index contributed by atoms with van der Waals surface area (Å²) in [4.78, 5) is 0. The molecule has 88 heavy (non-hydrogen) atoms. The molecule has 0 fully saturated rings. The van der Waals surface area contributed by atoms with Gasteiger partial charge >= 0.3 is 0 Å². The first kappa shape index (κ1) is 63.7. The van der Waals surface area contributed by atoms with E-state index in [1.54, 1.807) is 0 Å². The molecule has 0 nitrogen and oxygen atoms in total. The van der Waals surface area contributed by atoms with Gasteiger partial charge in [0.2, 0.25) is 0 Å². The summed E-state index contributed by atoms with van der Waals surface area (Å²) >= 11 is 0. The zero-order chi connectivity index (χ0) is 62.6. The lowest BCUT2D eigenvalue weighted by atomic mass is 9.93. The van der Waals surface area contributed by atoms with Crippen molar-refractivity contribution in [2.45, 2.75) is 193 Å². The van der Waals surface area contributed by atoms with Crippen molar-refractivity contribution in [3.05, 3.63) is 253 Å². The van der Waals surface area contributed by atoms with Crippen LogP contribution in [0.3, 0.4) is 0 Å². The number of hydrogen-bond donors (Lipinski definition) is 0. The number of rotatable bonds is 22. The van der Waals surface area contributed by atoms with Crippen molar-refractivity contribution in [1.29, 1.82) is 0 Å². The van der Waals surface area contributed by atoms with E-state index < -0.39 is 13.1 Å². The van der Waals surface area contributed by atoms with Gasteiger partial charge in [-0.05, 0) is 271 Å². The molecule has 0 aromatic heterocycles. The number of aryl methyl sites for hydroxylation is 12. The minimum absolute atomic E-state index is 0.456. The molecule has 0 bridgehead atoms. The Morgan fingerprint density at radius 2 is 0.386 bits per heavy atom. The molecule has 452 valence electrons. The van der Waals surface area contributed by atoms with E-state index in [2.05, 4.69) is 281 Å². The van der Waals surface area contributed by atoms with Gasteiger partial charge in [-0.1, -0.05) is 253 Å². The molecule has 1 aliphatic rings. The van der Waals surface area contributed by atoms with Crippen LogP contribution >= 0.6 is 0 Å². The molecule has 1 aliphatic carbocycles. The highest BCUT2D eigenvalue weighted by Crippen LogP contribution is 2.54. The van der Waals surface area contributed by atoms with Crippen LogP contribution in [0.15, 0.2) is 187 Å². The topological polar surface area (TPSA) is 0 Å². The van der Waals surface area contributed by atoms with E-state index >= 15 is 0 Å². The normalized spacial score (nSPS) is 14.3. The molecule has 0 saturated carbocycles. The molecule has 10 rings (SSSR count). The van der Waals surface area contributed by atoms with Crippen LogP contribution in [-0.2, 0) is 77.0 Å². The third kappa shape index (κ3) is 12.5. The maximum Gasteiger partial charge on any atom is 0.161 e. The summed E-state index contributed by atoms with van der Waals surface area (Å²) in [6.07, 6.45) is 14.6. The van der Waals surface area contributed by atoms with E-state index in [0.717, 1.165) is 77.0 Å². The van der Waals surface area contributed by atoms with Gasteiger partial charge < -0.3 is 0 Å². The quantitative estimate of drug-likeness (QED) is 0.0469. The van der Waals surface area contributed by atoms with Gasteiger partial charge in [-0.2, -0.15) is 0 Å². The largest absolute Gasteiger partial charge is 0.161 e. The number of benzene rings is 9. The average Bonchev–Trinajstić information content (AvgIpc) is 1.23. The fraction of sp³-hybridized carbons (Fsp3) is 0.333. The fourth-order valence-corrected chi connectivity index (χ4v) is 20.9. The van der Waals surface area contributed by atoms with E-state index in [4.69, 9.17) is 0 Å². The molecule has 0 N–H and O–H groups in total. The Morgan fingerprint density at radius 3 is 0.523 bits per heavy atom. The van der Waals surface area contributed by atoms with Crippen LogP contribution in [0.1, 0.15) is 178 Å². The van der Waals surface area contributed by atoms with E-state index in [9.17, 15) is 0 Å². The highest BCUT2D eigenvalue weighted by Gasteiger charge is 2.57. The second kappa shape index (κ2) is 27.2. The molecular formula is C87H100Si. The molecule has 0 heterocycles. The van der Waals surface area contributed by atoms with Gasteiger partial charge in [-0.25, -0.2) is 0 Å². The lowest BCUT2D eigenvalue weighted by molar-refractivity contribution is 0.870. The fourth-order valence-electron chi connectivity index (χ4n) is 14.7. The summed E-state index contributed by atoms with van der Waals surface area (Å²) in [5.74, 6) is 0. The van der Waals surface area contributed by atoms with E-state index in [-0.39, 0.29) is 0 Å². The molecule has 9 aromatic carbocycles. The van der Waals surface area contributed by atoms with Crippen LogP contribution in [0.4, 0.5) is 0 Å². The maximum absolute atomic E-state index is 3.64. The van der Waals surface area contributed by atoms with Crippen molar-refractivity contribution in [1.82, 2.24) is 0 Å². The molecule has 1 atom stereocenters. The summed E-state index contributed by atoms with van der Waals surface area (Å²) in [5, 5.41) is 3.86. The minimum atomic E-state index is -3.64. The van der Waals surface area contributed by atoms with Crippen LogP contribution in [-0.4, -0.2) is 8.07 Å². The van der Waals surface area contributed by atoms with Crippen molar-refractivity contribution >= 4 is 23.6 Å². The molecule has 1 unspecified atom stereocenters. The van der Waals surface area contributed by atoms with Gasteiger partial charge in [-0.3, -0.25) is 0 Å². The molecule has 9 aromatic rings. The molecule has 1 heteroatoms. The van der Waals surface area contributed by atoms with Crippen LogP contribution in [0, 0.1) is 0 Å². The van der Waals surface area contributed by atoms with Crippen molar-refractivity contribution in [2.75, 3.05) is 0 Å². The lowest BCUT2D eigenvalue weighted by Gasteiger charge is -2.48. The van der Waals surface area contributed by atoms with Gasteiger partial charge in [0.1, 0.15) is 0 Å². The second-order valence-electron chi connectivity index (χ2n) is 25.9. The highest BCUT2D eigenvalue weighted by molar-refractivity contribution is 7.14. The number of hydrogen-bond acceptors (Lipinski definition) is 0. The molecule has 0 spiro atoms. The Morgan fingerprint density at radius 1 is 0.227 bits per heavy atom. The minimum Gasteiger partial charge on any atom is -0.0730 e. The predicted molar refractivity (Wildman–Crippen MR) is 390 cm³/mol. The molecule has 0 aliphatic heterocycles. The van der Waals surface area contributed by atoms with E-state index in [0.29, 0.717) is 0 Å². The van der Waals surface area contributed by atoms with Gasteiger partial charge in [-0.15, -0.1) is 0 Å². The highest BCUT2D eigenvalue weighted by atomic mass is 28.3. The molecular weight excluding hydrogens is 1070 g/mol. The first-order valence-corrected chi connectivity index (χ1v) is 36.1. The van der Waals surface area contributed by atoms with Crippen LogP contribution in [0.2, 0.25) is 5.04 Å². The number of allylic oxidation sites excluding steroid dienone is 4. The lowest BCUT2D eigenvalue weighted by Crippen LogP contribution is -2.73. The monoisotopic (exact) mass is 1170 g/mol. The van der Waals surface area contributed by atoms with Gasteiger partial charge in [0.15, 0.2) is 8.07 Å². The average molecular weight is 1170 g/mol. The Balaban J connectivity index is 1.52. The summed E-state index contributed by atoms with van der Waals surface area (Å²) < 4.78 is 0. The Kier molecular flexibility index (Phi) is 19.7. The molecule has 0 amide bonds. The maximum atomic E-state index is 2.76. The molecule has 0 saturated heterocycles. The standard InChI is InChI=1S/C87H100Si/c1-17-60-29-61(18-2)36-72(35-60)78-47-79(73-37-62(19-3)30-63(20-4)38-73)51-84(50-78)88(87(16)56-57(13)58(14)59(87)15,85-52-80(74-39-64(21-5)31-65(22-6)40-74)48-81(53-85)75-41-66(23-7)32-67(24-8)42-75)86-54-82(76-43-68(25-9)33-69(26-10)44-76)49-83(55-86)77-45-70(27-11)34-71(28-12)46-77/h29-56H,17-28H2,1-16H3. The van der Waals surface area contributed by atoms with Crippen molar-refractivity contribution in [3.8, 4) is 66.8 Å². The summed E-state index contributed by atoms with van der Waals surface area (Å²) in [7, 11) is -3.64. The zero-order valence-electron chi connectivity index (χ0n) is 56.7.